The number of hydrogen-bond donors (Lipinski definition) is 0. The van der Waals surface area contributed by atoms with Crippen molar-refractivity contribution < 1.29 is 4.74 Å². The Morgan fingerprint density at radius 1 is 0.875 bits per heavy atom. The van der Waals surface area contributed by atoms with Crippen LogP contribution in [0.2, 0.25) is 0 Å². The van der Waals surface area contributed by atoms with Crippen molar-refractivity contribution in [3.05, 3.63) is 71.8 Å². The molecule has 0 unspecified atom stereocenters. The third-order valence-corrected chi connectivity index (χ3v) is 2.94. The van der Waals surface area contributed by atoms with Crippen LogP contribution in [-0.2, 0) is 6.61 Å². The zero-order valence-corrected chi connectivity index (χ0v) is 8.94. The lowest BCUT2D eigenvalue weighted by molar-refractivity contribution is 0.307. The van der Waals surface area contributed by atoms with E-state index in [0.29, 0.717) is 6.61 Å². The van der Waals surface area contributed by atoms with Crippen LogP contribution in [0.5, 0.6) is 5.75 Å². The molecule has 1 nitrogen and oxygen atoms in total. The summed E-state index contributed by atoms with van der Waals surface area (Å²) in [6, 6.07) is 16.3. The molecular formula is C15H12O. The zero-order valence-electron chi connectivity index (χ0n) is 8.94. The Kier molecular flexibility index (Phi) is 2.03. The number of fused-ring (bicyclic) bond motifs is 2. The second-order valence-electron chi connectivity index (χ2n) is 3.92. The highest BCUT2D eigenvalue weighted by atomic mass is 16.5. The molecule has 0 radical (unpaired) electrons. The lowest BCUT2D eigenvalue weighted by Crippen LogP contribution is -1.94. The Bertz CT molecular complexity index is 505. The molecule has 0 aliphatic carbocycles. The van der Waals surface area contributed by atoms with Gasteiger partial charge in [-0.2, -0.15) is 0 Å². The lowest BCUT2D eigenvalue weighted by Gasteiger charge is -2.07. The Labute approximate surface area is 95.0 Å². The Balaban J connectivity index is 2.22. The van der Waals surface area contributed by atoms with E-state index in [9.17, 15) is 0 Å². The average molecular weight is 208 g/mol. The molecule has 3 rings (SSSR count). The fourth-order valence-electron chi connectivity index (χ4n) is 2.08. The van der Waals surface area contributed by atoms with Gasteiger partial charge in [0.2, 0.25) is 0 Å². The van der Waals surface area contributed by atoms with Crippen molar-refractivity contribution in [2.45, 2.75) is 6.61 Å². The standard InChI is InChI=1S/C15H12O/c1-11-13-7-3-2-6-12(13)10-16-15-9-5-4-8-14(11)15/h2-9H,1,10H2. The summed E-state index contributed by atoms with van der Waals surface area (Å²) in [6.45, 7) is 4.79. The van der Waals surface area contributed by atoms with Gasteiger partial charge in [0.05, 0.1) is 0 Å². The van der Waals surface area contributed by atoms with E-state index >= 15 is 0 Å². The lowest BCUT2D eigenvalue weighted by atomic mass is 9.96. The van der Waals surface area contributed by atoms with Crippen LogP contribution in [0.15, 0.2) is 55.1 Å². The monoisotopic (exact) mass is 208 g/mol. The number of hydrogen-bond acceptors (Lipinski definition) is 1. The van der Waals surface area contributed by atoms with Crippen LogP contribution in [-0.4, -0.2) is 0 Å². The van der Waals surface area contributed by atoms with E-state index in [4.69, 9.17) is 4.74 Å². The van der Waals surface area contributed by atoms with Gasteiger partial charge in [0.1, 0.15) is 12.4 Å². The molecule has 78 valence electrons. The Hall–Kier alpha value is -2.02. The summed E-state index contributed by atoms with van der Waals surface area (Å²) in [5.74, 6) is 0.920. The van der Waals surface area contributed by atoms with Gasteiger partial charge in [0.25, 0.3) is 0 Å². The molecule has 2 aromatic rings. The largest absolute Gasteiger partial charge is 0.488 e. The SMILES string of the molecule is C=C1c2ccccc2COc2ccccc21. The highest BCUT2D eigenvalue weighted by Gasteiger charge is 2.16. The summed E-state index contributed by atoms with van der Waals surface area (Å²) in [5.41, 5.74) is 4.52. The van der Waals surface area contributed by atoms with Crippen LogP contribution in [0, 0.1) is 0 Å². The van der Waals surface area contributed by atoms with Crippen LogP contribution in [0.25, 0.3) is 5.57 Å². The Morgan fingerprint density at radius 2 is 1.56 bits per heavy atom. The molecule has 0 bridgehead atoms. The quantitative estimate of drug-likeness (QED) is 0.642. The summed E-state index contributed by atoms with van der Waals surface area (Å²) < 4.78 is 5.78. The predicted molar refractivity (Wildman–Crippen MR) is 65.4 cm³/mol. The van der Waals surface area contributed by atoms with Crippen molar-refractivity contribution in [2.75, 3.05) is 0 Å². The first kappa shape index (κ1) is 9.22. The van der Waals surface area contributed by atoms with E-state index in [-0.39, 0.29) is 0 Å². The molecule has 1 heteroatoms. The van der Waals surface area contributed by atoms with Crippen molar-refractivity contribution in [3.63, 3.8) is 0 Å². The third-order valence-electron chi connectivity index (χ3n) is 2.94. The highest BCUT2D eigenvalue weighted by molar-refractivity contribution is 5.83. The van der Waals surface area contributed by atoms with E-state index in [1.165, 1.54) is 11.1 Å². The molecule has 0 amide bonds. The van der Waals surface area contributed by atoms with Gasteiger partial charge in [-0.15, -0.1) is 0 Å². The maximum absolute atomic E-state index is 5.78. The van der Waals surface area contributed by atoms with Gasteiger partial charge in [-0.1, -0.05) is 49.0 Å². The smallest absolute Gasteiger partial charge is 0.127 e. The molecule has 0 fully saturated rings. The van der Waals surface area contributed by atoms with Crippen LogP contribution < -0.4 is 4.74 Å². The first-order valence-corrected chi connectivity index (χ1v) is 5.35. The summed E-state index contributed by atoms with van der Waals surface area (Å²) in [7, 11) is 0. The van der Waals surface area contributed by atoms with Gasteiger partial charge in [0.15, 0.2) is 0 Å². The van der Waals surface area contributed by atoms with E-state index in [0.717, 1.165) is 16.9 Å². The summed E-state index contributed by atoms with van der Waals surface area (Å²) in [4.78, 5) is 0. The minimum Gasteiger partial charge on any atom is -0.488 e. The van der Waals surface area contributed by atoms with Gasteiger partial charge in [-0.05, 0) is 22.8 Å². The second-order valence-corrected chi connectivity index (χ2v) is 3.92. The number of para-hydroxylation sites is 1. The van der Waals surface area contributed by atoms with Gasteiger partial charge < -0.3 is 4.74 Å². The average Bonchev–Trinajstić information content (AvgIpc) is 2.49. The third kappa shape index (κ3) is 1.33. The summed E-state index contributed by atoms with van der Waals surface area (Å²) >= 11 is 0. The molecule has 0 saturated carbocycles. The molecule has 0 aromatic heterocycles. The molecule has 2 aromatic carbocycles. The van der Waals surface area contributed by atoms with E-state index in [1.807, 2.05) is 30.3 Å². The van der Waals surface area contributed by atoms with Gasteiger partial charge in [-0.3, -0.25) is 0 Å². The topological polar surface area (TPSA) is 9.23 Å². The molecule has 0 N–H and O–H groups in total. The van der Waals surface area contributed by atoms with Gasteiger partial charge >= 0.3 is 0 Å². The predicted octanol–water partition coefficient (Wildman–Crippen LogP) is 3.64. The minimum absolute atomic E-state index is 0.617. The fraction of sp³-hybridized carbons (Fsp3) is 0.0667. The number of rotatable bonds is 0. The highest BCUT2D eigenvalue weighted by Crippen LogP contribution is 2.34. The summed E-state index contributed by atoms with van der Waals surface area (Å²) in [6.07, 6.45) is 0. The molecule has 0 atom stereocenters. The van der Waals surface area contributed by atoms with Crippen LogP contribution in [0.4, 0.5) is 0 Å². The van der Waals surface area contributed by atoms with E-state index in [2.05, 4.69) is 24.8 Å². The normalized spacial score (nSPS) is 13.4. The van der Waals surface area contributed by atoms with Crippen LogP contribution in [0.1, 0.15) is 16.7 Å². The molecule has 1 aliphatic rings. The Morgan fingerprint density at radius 3 is 2.44 bits per heavy atom. The number of benzene rings is 2. The molecule has 0 saturated heterocycles. The molecular weight excluding hydrogens is 196 g/mol. The van der Waals surface area contributed by atoms with Gasteiger partial charge in [-0.25, -0.2) is 0 Å². The van der Waals surface area contributed by atoms with Crippen LogP contribution in [0.3, 0.4) is 0 Å². The van der Waals surface area contributed by atoms with Crippen molar-refractivity contribution in [1.29, 1.82) is 0 Å². The minimum atomic E-state index is 0.617. The first-order valence-electron chi connectivity index (χ1n) is 5.35. The van der Waals surface area contributed by atoms with Crippen molar-refractivity contribution >= 4 is 5.57 Å². The molecule has 16 heavy (non-hydrogen) atoms. The fourth-order valence-corrected chi connectivity index (χ4v) is 2.08. The van der Waals surface area contributed by atoms with Crippen molar-refractivity contribution in [2.24, 2.45) is 0 Å². The van der Waals surface area contributed by atoms with E-state index in [1.54, 1.807) is 0 Å². The van der Waals surface area contributed by atoms with Crippen LogP contribution >= 0.6 is 0 Å². The van der Waals surface area contributed by atoms with Gasteiger partial charge in [0, 0.05) is 5.56 Å². The number of ether oxygens (including phenoxy) is 1. The van der Waals surface area contributed by atoms with Crippen molar-refractivity contribution in [3.8, 4) is 5.75 Å². The second kappa shape index (κ2) is 3.53. The first-order chi connectivity index (χ1) is 7.86. The molecule has 0 spiro atoms. The maximum atomic E-state index is 5.78. The molecule has 1 aliphatic heterocycles. The van der Waals surface area contributed by atoms with Crippen molar-refractivity contribution in [1.82, 2.24) is 0 Å². The zero-order chi connectivity index (χ0) is 11.0. The molecule has 1 heterocycles. The maximum Gasteiger partial charge on any atom is 0.127 e. The summed E-state index contributed by atoms with van der Waals surface area (Å²) in [5, 5.41) is 0. The van der Waals surface area contributed by atoms with E-state index < -0.39 is 0 Å².